The minimum atomic E-state index is -0.890. The van der Waals surface area contributed by atoms with Gasteiger partial charge in [-0.1, -0.05) is 29.9 Å². The molecule has 0 aliphatic rings. The van der Waals surface area contributed by atoms with E-state index in [0.29, 0.717) is 16.0 Å². The van der Waals surface area contributed by atoms with Crippen LogP contribution >= 0.6 is 11.3 Å². The summed E-state index contributed by atoms with van der Waals surface area (Å²) in [4.78, 5) is 48.2. The monoisotopic (exact) mass is 418 g/mol. The van der Waals surface area contributed by atoms with Crippen molar-refractivity contribution in [3.8, 4) is 0 Å². The van der Waals surface area contributed by atoms with E-state index in [0.717, 1.165) is 16.7 Å². The van der Waals surface area contributed by atoms with Crippen molar-refractivity contribution >= 4 is 34.0 Å². The summed E-state index contributed by atoms with van der Waals surface area (Å²) in [6, 6.07) is 7.06. The molecule has 3 aromatic rings. The number of fused-ring (bicyclic) bond motifs is 1. The number of aryl methyl sites for hydroxylation is 1. The number of benzene rings is 1. The Morgan fingerprint density at radius 3 is 2.90 bits per heavy atom. The molecule has 1 aromatic carbocycles. The molecule has 2 N–H and O–H groups in total. The molecule has 150 valence electrons. The van der Waals surface area contributed by atoms with E-state index in [1.54, 1.807) is 31.2 Å². The van der Waals surface area contributed by atoms with Crippen LogP contribution in [0.2, 0.25) is 0 Å². The third-order valence-corrected chi connectivity index (χ3v) is 4.88. The van der Waals surface area contributed by atoms with E-state index >= 15 is 0 Å². The Kier molecular flexibility index (Phi) is 6.21. The average Bonchev–Trinajstić information content (AvgIpc) is 3.08. The molecule has 13 heteroatoms. The van der Waals surface area contributed by atoms with Gasteiger partial charge in [-0.3, -0.25) is 10.2 Å². The maximum absolute atomic E-state index is 12.3. The van der Waals surface area contributed by atoms with Gasteiger partial charge in [0.1, 0.15) is 6.61 Å². The van der Waals surface area contributed by atoms with Crippen molar-refractivity contribution in [1.82, 2.24) is 26.2 Å². The van der Waals surface area contributed by atoms with E-state index in [9.17, 15) is 19.7 Å². The zero-order valence-corrected chi connectivity index (χ0v) is 15.8. The average molecular weight is 418 g/mol. The van der Waals surface area contributed by atoms with Gasteiger partial charge >= 0.3 is 5.97 Å². The topological polar surface area (TPSA) is 158 Å². The van der Waals surface area contributed by atoms with Gasteiger partial charge in [0.25, 0.3) is 11.0 Å². The number of hydrogen-bond donors (Lipinski definition) is 2. The third kappa shape index (κ3) is 4.97. The Bertz CT molecular complexity index is 1070. The molecule has 1 amide bonds. The summed E-state index contributed by atoms with van der Waals surface area (Å²) in [5.74, 6) is -1.47. The first-order chi connectivity index (χ1) is 14.0. The highest BCUT2D eigenvalue weighted by Crippen LogP contribution is 2.19. The molecule has 2 heterocycles. The lowest BCUT2D eigenvalue weighted by molar-refractivity contribution is -0.757. The zero-order chi connectivity index (χ0) is 20.8. The quantitative estimate of drug-likeness (QED) is 0.401. The molecule has 0 spiro atoms. The predicted molar refractivity (Wildman–Crippen MR) is 99.1 cm³/mol. The van der Waals surface area contributed by atoms with Gasteiger partial charge in [0.05, 0.1) is 11.9 Å². The van der Waals surface area contributed by atoms with Crippen LogP contribution in [0.3, 0.4) is 0 Å². The number of nitrogens with one attached hydrogen (secondary N) is 2. The first-order valence-electron chi connectivity index (χ1n) is 8.16. The van der Waals surface area contributed by atoms with Gasteiger partial charge in [-0.15, -0.1) is 26.5 Å². The standard InChI is InChI=1S/C16H14N6O6S/c1-9-12(6-7-27-22(25)26)29-15(18-9)16(24)28-21-20-14(23)13-11-5-3-2-4-10(11)8-17-19-13/h2-5,8,21H,6-7H2,1H3,(H,20,23). The van der Waals surface area contributed by atoms with Crippen molar-refractivity contribution in [1.29, 1.82) is 0 Å². The summed E-state index contributed by atoms with van der Waals surface area (Å²) < 4.78 is 0. The fraction of sp³-hybridized carbons (Fsp3) is 0.188. The van der Waals surface area contributed by atoms with Crippen molar-refractivity contribution in [3.05, 3.63) is 61.8 Å². The summed E-state index contributed by atoms with van der Waals surface area (Å²) in [5, 5.41) is 18.2. The fourth-order valence-electron chi connectivity index (χ4n) is 2.38. The Balaban J connectivity index is 1.55. The van der Waals surface area contributed by atoms with Crippen LogP contribution in [0, 0.1) is 17.0 Å². The highest BCUT2D eigenvalue weighted by atomic mass is 32.1. The molecule has 0 aliphatic carbocycles. The second-order valence-corrected chi connectivity index (χ2v) is 6.64. The molecule has 3 rings (SSSR count). The smallest absolute Gasteiger partial charge is 0.344 e. The molecule has 0 unspecified atom stereocenters. The van der Waals surface area contributed by atoms with Crippen LogP contribution in [0.15, 0.2) is 30.5 Å². The number of carbonyl (C=O) groups is 2. The number of hydrogen-bond acceptors (Lipinski definition) is 11. The van der Waals surface area contributed by atoms with Gasteiger partial charge in [0.2, 0.25) is 5.01 Å². The molecule has 0 saturated carbocycles. The SMILES string of the molecule is Cc1nc(C(=O)ONNC(=O)c2nncc3ccccc23)sc1CCO[N+](=O)[O-]. The highest BCUT2D eigenvalue weighted by Gasteiger charge is 2.18. The van der Waals surface area contributed by atoms with Gasteiger partial charge in [0.15, 0.2) is 5.69 Å². The Morgan fingerprint density at radius 2 is 2.10 bits per heavy atom. The normalized spacial score (nSPS) is 10.5. The van der Waals surface area contributed by atoms with Crippen LogP contribution in [-0.4, -0.2) is 38.8 Å². The summed E-state index contributed by atoms with van der Waals surface area (Å²) in [6.07, 6.45) is 1.75. The Morgan fingerprint density at radius 1 is 1.31 bits per heavy atom. The molecule has 0 saturated heterocycles. The van der Waals surface area contributed by atoms with Crippen LogP contribution in [0.1, 0.15) is 30.9 Å². The fourth-order valence-corrected chi connectivity index (χ4v) is 3.30. The van der Waals surface area contributed by atoms with Crippen molar-refractivity contribution < 1.29 is 24.4 Å². The van der Waals surface area contributed by atoms with Gasteiger partial charge in [0, 0.05) is 22.1 Å². The molecule has 29 heavy (non-hydrogen) atoms. The lowest BCUT2D eigenvalue weighted by Crippen LogP contribution is -2.39. The molecular weight excluding hydrogens is 404 g/mol. The summed E-state index contributed by atoms with van der Waals surface area (Å²) in [6.45, 7) is 1.51. The van der Waals surface area contributed by atoms with Crippen LogP contribution in [0.5, 0.6) is 0 Å². The Hall–Kier alpha value is -3.71. The number of hydrazine groups is 1. The van der Waals surface area contributed by atoms with Gasteiger partial charge < -0.3 is 9.68 Å². The first kappa shape index (κ1) is 20.0. The number of amides is 1. The molecule has 0 radical (unpaired) electrons. The number of nitrogens with zero attached hydrogens (tertiary/aromatic N) is 4. The molecular formula is C16H14N6O6S. The minimum Gasteiger partial charge on any atom is -0.344 e. The van der Waals surface area contributed by atoms with Crippen LogP contribution in [0.25, 0.3) is 10.8 Å². The summed E-state index contributed by atoms with van der Waals surface area (Å²) >= 11 is 1.01. The molecule has 0 fully saturated rings. The summed E-state index contributed by atoms with van der Waals surface area (Å²) in [5.41, 5.74) is 4.87. The van der Waals surface area contributed by atoms with Crippen molar-refractivity contribution in [2.45, 2.75) is 13.3 Å². The van der Waals surface area contributed by atoms with Gasteiger partial charge in [-0.2, -0.15) is 5.10 Å². The van der Waals surface area contributed by atoms with E-state index in [2.05, 4.69) is 31.0 Å². The lowest BCUT2D eigenvalue weighted by atomic mass is 10.1. The van der Waals surface area contributed by atoms with Gasteiger partial charge in [-0.05, 0) is 6.92 Å². The number of rotatable bonds is 8. The Labute approximate surface area is 166 Å². The molecule has 0 aliphatic heterocycles. The summed E-state index contributed by atoms with van der Waals surface area (Å²) in [7, 11) is 0. The van der Waals surface area contributed by atoms with E-state index in [1.807, 2.05) is 0 Å². The first-order valence-corrected chi connectivity index (χ1v) is 8.98. The molecule has 0 atom stereocenters. The second kappa shape index (κ2) is 8.99. The van der Waals surface area contributed by atoms with Crippen molar-refractivity contribution in [3.63, 3.8) is 0 Å². The zero-order valence-electron chi connectivity index (χ0n) is 14.9. The van der Waals surface area contributed by atoms with E-state index in [1.165, 1.54) is 6.20 Å². The number of aromatic nitrogens is 3. The largest absolute Gasteiger partial charge is 0.387 e. The second-order valence-electron chi connectivity index (χ2n) is 5.56. The van der Waals surface area contributed by atoms with Crippen molar-refractivity contribution in [2.75, 3.05) is 6.61 Å². The maximum Gasteiger partial charge on any atom is 0.387 e. The third-order valence-electron chi connectivity index (χ3n) is 3.69. The van der Waals surface area contributed by atoms with Crippen LogP contribution < -0.4 is 11.0 Å². The highest BCUT2D eigenvalue weighted by molar-refractivity contribution is 7.13. The van der Waals surface area contributed by atoms with E-state index in [-0.39, 0.29) is 23.7 Å². The molecule has 0 bridgehead atoms. The lowest BCUT2D eigenvalue weighted by Gasteiger charge is -2.07. The van der Waals surface area contributed by atoms with Gasteiger partial charge in [-0.25, -0.2) is 9.78 Å². The van der Waals surface area contributed by atoms with Crippen LogP contribution in [-0.2, 0) is 16.1 Å². The van der Waals surface area contributed by atoms with Crippen molar-refractivity contribution in [2.24, 2.45) is 0 Å². The molecule has 12 nitrogen and oxygen atoms in total. The van der Waals surface area contributed by atoms with E-state index in [4.69, 9.17) is 4.84 Å². The maximum atomic E-state index is 12.3. The minimum absolute atomic E-state index is 0.0188. The number of carbonyl (C=O) groups excluding carboxylic acids is 2. The number of thiazole rings is 1. The molecule has 2 aromatic heterocycles. The predicted octanol–water partition coefficient (Wildman–Crippen LogP) is 1.15. The van der Waals surface area contributed by atoms with E-state index < -0.39 is 17.0 Å². The van der Waals surface area contributed by atoms with Crippen LogP contribution in [0.4, 0.5) is 0 Å².